The molecule has 0 fully saturated rings. The molecule has 0 bridgehead atoms. The van der Waals surface area contributed by atoms with Crippen LogP contribution in [0, 0.1) is 28.2 Å². The maximum atomic E-state index is 8.79. The molecule has 0 amide bonds. The molecule has 0 unspecified atom stereocenters. The summed E-state index contributed by atoms with van der Waals surface area (Å²) in [7, 11) is 0. The Hall–Kier alpha value is -2.17. The van der Waals surface area contributed by atoms with Gasteiger partial charge in [-0.1, -0.05) is 0 Å². The van der Waals surface area contributed by atoms with Gasteiger partial charge in [0.1, 0.15) is 0 Å². The molecule has 2 aromatic rings. The van der Waals surface area contributed by atoms with Gasteiger partial charge in [-0.2, -0.15) is 10.5 Å². The third kappa shape index (κ3) is 1.85. The summed E-state index contributed by atoms with van der Waals surface area (Å²) in [5.41, 5.74) is 5.19. The number of nitrogens with zero attached hydrogens (tertiary/aromatic N) is 3. The number of nitriles is 2. The van der Waals surface area contributed by atoms with Gasteiger partial charge in [-0.25, -0.2) is 4.98 Å². The van der Waals surface area contributed by atoms with Gasteiger partial charge >= 0.3 is 0 Å². The zero-order chi connectivity index (χ0) is 10.7. The Labute approximate surface area is 90.9 Å². The van der Waals surface area contributed by atoms with E-state index in [1.54, 1.807) is 18.2 Å². The maximum absolute atomic E-state index is 8.79. The molecule has 0 N–H and O–H groups in total. The second kappa shape index (κ2) is 3.91. The standard InChI is InChI=1S/C11H4N3S/c12-4-8-1-9(5-13)3-10(2-8)11-6-15-7-14-11/h1-3,6H. The average Bonchev–Trinajstić information content (AvgIpc) is 2.81. The minimum absolute atomic E-state index is 0.469. The molecule has 0 aliphatic heterocycles. The van der Waals surface area contributed by atoms with Crippen LogP contribution in [0.3, 0.4) is 0 Å². The summed E-state index contributed by atoms with van der Waals surface area (Å²) in [4.78, 5) is 4.01. The molecule has 0 aliphatic rings. The molecule has 0 spiro atoms. The van der Waals surface area contributed by atoms with Crippen LogP contribution in [0.4, 0.5) is 0 Å². The number of thiazole rings is 1. The molecule has 1 radical (unpaired) electrons. The summed E-state index contributed by atoms with van der Waals surface area (Å²) in [6.07, 6.45) is 0. The number of hydrogen-bond donors (Lipinski definition) is 0. The average molecular weight is 210 g/mol. The second-order valence-corrected chi connectivity index (χ2v) is 3.50. The first-order valence-corrected chi connectivity index (χ1v) is 4.98. The van der Waals surface area contributed by atoms with Gasteiger partial charge in [-0.15, -0.1) is 11.3 Å². The van der Waals surface area contributed by atoms with Crippen LogP contribution in [0.2, 0.25) is 0 Å². The molecular weight excluding hydrogens is 206 g/mol. The number of benzene rings is 1. The third-order valence-electron chi connectivity index (χ3n) is 1.88. The van der Waals surface area contributed by atoms with Crippen molar-refractivity contribution in [2.45, 2.75) is 0 Å². The Morgan fingerprint density at radius 1 is 1.13 bits per heavy atom. The summed E-state index contributed by atoms with van der Waals surface area (Å²) in [6.45, 7) is 0. The predicted octanol–water partition coefficient (Wildman–Crippen LogP) is 2.35. The van der Waals surface area contributed by atoms with Gasteiger partial charge in [0.15, 0.2) is 5.51 Å². The van der Waals surface area contributed by atoms with E-state index >= 15 is 0 Å². The SMILES string of the molecule is N#Cc1cc(C#N)cc(-c2cs[c]n2)c1. The van der Waals surface area contributed by atoms with E-state index in [0.717, 1.165) is 11.3 Å². The predicted molar refractivity (Wildman–Crippen MR) is 55.8 cm³/mol. The summed E-state index contributed by atoms with van der Waals surface area (Å²) in [6, 6.07) is 9.02. The highest BCUT2D eigenvalue weighted by Gasteiger charge is 2.04. The fourth-order valence-corrected chi connectivity index (χ4v) is 1.73. The largest absolute Gasteiger partial charge is 0.233 e. The van der Waals surface area contributed by atoms with E-state index in [9.17, 15) is 0 Å². The maximum Gasteiger partial charge on any atom is 0.152 e. The van der Waals surface area contributed by atoms with Crippen molar-refractivity contribution in [2.24, 2.45) is 0 Å². The van der Waals surface area contributed by atoms with Crippen molar-refractivity contribution < 1.29 is 0 Å². The van der Waals surface area contributed by atoms with Crippen LogP contribution >= 0.6 is 11.3 Å². The van der Waals surface area contributed by atoms with Gasteiger partial charge in [0, 0.05) is 10.9 Å². The van der Waals surface area contributed by atoms with Gasteiger partial charge < -0.3 is 0 Å². The summed E-state index contributed by atoms with van der Waals surface area (Å²) in [5, 5.41) is 19.4. The normalized spacial score (nSPS) is 9.20. The first-order valence-electron chi connectivity index (χ1n) is 4.10. The molecule has 1 heterocycles. The lowest BCUT2D eigenvalue weighted by Gasteiger charge is -1.98. The minimum atomic E-state index is 0.469. The Kier molecular flexibility index (Phi) is 2.45. The zero-order valence-corrected chi connectivity index (χ0v) is 8.38. The third-order valence-corrected chi connectivity index (χ3v) is 2.41. The fraction of sp³-hybridized carbons (Fsp3) is 0. The van der Waals surface area contributed by atoms with Crippen LogP contribution in [-0.4, -0.2) is 4.98 Å². The minimum Gasteiger partial charge on any atom is -0.233 e. The van der Waals surface area contributed by atoms with Crippen LogP contribution in [0.25, 0.3) is 11.3 Å². The van der Waals surface area contributed by atoms with E-state index in [1.807, 2.05) is 17.5 Å². The van der Waals surface area contributed by atoms with Crippen molar-refractivity contribution >= 4 is 11.3 Å². The highest BCUT2D eigenvalue weighted by molar-refractivity contribution is 7.07. The van der Waals surface area contributed by atoms with Crippen LogP contribution in [0.1, 0.15) is 11.1 Å². The van der Waals surface area contributed by atoms with Crippen LogP contribution < -0.4 is 0 Å². The van der Waals surface area contributed by atoms with Crippen molar-refractivity contribution in [3.63, 3.8) is 0 Å². The molecule has 4 heteroatoms. The smallest absolute Gasteiger partial charge is 0.152 e. The molecule has 1 aromatic carbocycles. The Morgan fingerprint density at radius 2 is 1.80 bits per heavy atom. The van der Waals surface area contributed by atoms with E-state index < -0.39 is 0 Å². The summed E-state index contributed by atoms with van der Waals surface area (Å²) in [5.74, 6) is 0. The molecule has 0 saturated carbocycles. The van der Waals surface area contributed by atoms with E-state index in [4.69, 9.17) is 10.5 Å². The monoisotopic (exact) mass is 210 g/mol. The lowest BCUT2D eigenvalue weighted by Crippen LogP contribution is -1.84. The van der Waals surface area contributed by atoms with Crippen molar-refractivity contribution in [2.75, 3.05) is 0 Å². The highest BCUT2D eigenvalue weighted by Crippen LogP contribution is 2.21. The molecule has 0 aliphatic carbocycles. The van der Waals surface area contributed by atoms with Gasteiger partial charge in [0.2, 0.25) is 0 Å². The number of hydrogen-bond acceptors (Lipinski definition) is 4. The van der Waals surface area contributed by atoms with E-state index in [-0.39, 0.29) is 0 Å². The first-order chi connectivity index (χ1) is 7.33. The van der Waals surface area contributed by atoms with E-state index in [1.165, 1.54) is 11.3 Å². The van der Waals surface area contributed by atoms with Crippen LogP contribution in [0.5, 0.6) is 0 Å². The van der Waals surface area contributed by atoms with Crippen LogP contribution in [-0.2, 0) is 0 Å². The van der Waals surface area contributed by atoms with Crippen molar-refractivity contribution in [3.8, 4) is 23.4 Å². The molecule has 2 rings (SSSR count). The quantitative estimate of drug-likeness (QED) is 0.725. The molecule has 3 nitrogen and oxygen atoms in total. The topological polar surface area (TPSA) is 60.5 Å². The second-order valence-electron chi connectivity index (χ2n) is 2.85. The Morgan fingerprint density at radius 3 is 2.27 bits per heavy atom. The lowest BCUT2D eigenvalue weighted by molar-refractivity contribution is 1.38. The van der Waals surface area contributed by atoms with Crippen molar-refractivity contribution in [1.82, 2.24) is 4.98 Å². The zero-order valence-electron chi connectivity index (χ0n) is 7.56. The number of rotatable bonds is 1. The van der Waals surface area contributed by atoms with Crippen molar-refractivity contribution in [3.05, 3.63) is 40.2 Å². The molecule has 0 atom stereocenters. The Balaban J connectivity index is 2.59. The van der Waals surface area contributed by atoms with Gasteiger partial charge in [-0.3, -0.25) is 0 Å². The highest BCUT2D eigenvalue weighted by atomic mass is 32.1. The Bertz CT molecular complexity index is 526. The van der Waals surface area contributed by atoms with Gasteiger partial charge in [0.25, 0.3) is 0 Å². The van der Waals surface area contributed by atoms with Crippen molar-refractivity contribution in [1.29, 1.82) is 10.5 Å². The van der Waals surface area contributed by atoms with E-state index in [0.29, 0.717) is 11.1 Å². The summed E-state index contributed by atoms with van der Waals surface area (Å²) < 4.78 is 0. The fourth-order valence-electron chi connectivity index (χ4n) is 1.22. The lowest BCUT2D eigenvalue weighted by atomic mass is 10.1. The molecule has 0 saturated heterocycles. The number of aromatic nitrogens is 1. The molecule has 15 heavy (non-hydrogen) atoms. The van der Waals surface area contributed by atoms with Gasteiger partial charge in [0.05, 0.1) is 29.0 Å². The molecular formula is C11H4N3S. The summed E-state index contributed by atoms with van der Waals surface area (Å²) >= 11 is 1.36. The molecule has 1 aromatic heterocycles. The molecule has 69 valence electrons. The van der Waals surface area contributed by atoms with Crippen LogP contribution in [0.15, 0.2) is 23.6 Å². The van der Waals surface area contributed by atoms with E-state index in [2.05, 4.69) is 10.5 Å². The van der Waals surface area contributed by atoms with Gasteiger partial charge in [-0.05, 0) is 18.2 Å². The first kappa shape index (κ1) is 9.39.